The quantitative estimate of drug-likeness (QED) is 0.603. The maximum Gasteiger partial charge on any atom is 0.262 e. The van der Waals surface area contributed by atoms with E-state index in [1.54, 1.807) is 6.26 Å². The third-order valence-corrected chi connectivity index (χ3v) is 5.36. The van der Waals surface area contributed by atoms with E-state index in [1.807, 2.05) is 67.2 Å². The maximum atomic E-state index is 12.8. The van der Waals surface area contributed by atoms with Gasteiger partial charge >= 0.3 is 0 Å². The molecule has 5 nitrogen and oxygen atoms in total. The number of thiophene rings is 1. The predicted octanol–water partition coefficient (Wildman–Crippen LogP) is 4.06. The lowest BCUT2D eigenvalue weighted by Gasteiger charge is -2.16. The molecule has 0 radical (unpaired) electrons. The standard InChI is InChI=1S/C19H17N3O2S/c1-12-14-11-16(25-19(14)22(2)21-12)18(23)20-17(15-9-6-10-24-15)13-7-4-3-5-8-13/h3-11,17H,1-2H3,(H,20,23). The van der Waals surface area contributed by atoms with Gasteiger partial charge in [0.05, 0.1) is 16.8 Å². The number of amides is 1. The smallest absolute Gasteiger partial charge is 0.262 e. The molecule has 0 aliphatic rings. The molecule has 0 saturated carbocycles. The molecule has 0 saturated heterocycles. The molecule has 3 heterocycles. The van der Waals surface area contributed by atoms with Gasteiger partial charge in [0.25, 0.3) is 5.91 Å². The number of fused-ring (bicyclic) bond motifs is 1. The summed E-state index contributed by atoms with van der Waals surface area (Å²) in [5.41, 5.74) is 1.91. The number of furan rings is 1. The molecule has 6 heteroatoms. The van der Waals surface area contributed by atoms with Crippen molar-refractivity contribution in [2.75, 3.05) is 0 Å². The van der Waals surface area contributed by atoms with E-state index in [9.17, 15) is 4.79 Å². The van der Waals surface area contributed by atoms with E-state index in [-0.39, 0.29) is 11.9 Å². The summed E-state index contributed by atoms with van der Waals surface area (Å²) in [6.07, 6.45) is 1.62. The summed E-state index contributed by atoms with van der Waals surface area (Å²) in [7, 11) is 1.89. The summed E-state index contributed by atoms with van der Waals surface area (Å²) in [5.74, 6) is 0.587. The van der Waals surface area contributed by atoms with Crippen LogP contribution >= 0.6 is 11.3 Å². The van der Waals surface area contributed by atoms with Crippen molar-refractivity contribution in [1.29, 1.82) is 0 Å². The summed E-state index contributed by atoms with van der Waals surface area (Å²) in [6.45, 7) is 1.95. The van der Waals surface area contributed by atoms with Crippen LogP contribution in [0.25, 0.3) is 10.2 Å². The largest absolute Gasteiger partial charge is 0.467 e. The minimum atomic E-state index is -0.326. The Bertz CT molecular complexity index is 982. The first-order valence-electron chi connectivity index (χ1n) is 7.96. The van der Waals surface area contributed by atoms with Crippen molar-refractivity contribution in [3.63, 3.8) is 0 Å². The Morgan fingerprint density at radius 2 is 2.04 bits per heavy atom. The number of carbonyl (C=O) groups is 1. The Morgan fingerprint density at radius 1 is 1.24 bits per heavy atom. The predicted molar refractivity (Wildman–Crippen MR) is 97.8 cm³/mol. The molecule has 1 N–H and O–H groups in total. The fraction of sp³-hybridized carbons (Fsp3) is 0.158. The van der Waals surface area contributed by atoms with Crippen LogP contribution in [0.4, 0.5) is 0 Å². The topological polar surface area (TPSA) is 60.1 Å². The number of aryl methyl sites for hydroxylation is 2. The van der Waals surface area contributed by atoms with Crippen LogP contribution in [0.5, 0.6) is 0 Å². The number of hydrogen-bond acceptors (Lipinski definition) is 4. The van der Waals surface area contributed by atoms with Crippen molar-refractivity contribution >= 4 is 27.5 Å². The molecular formula is C19H17N3O2S. The summed E-state index contributed by atoms with van der Waals surface area (Å²) in [4.78, 5) is 14.5. The van der Waals surface area contributed by atoms with Gasteiger partial charge in [-0.25, -0.2) is 0 Å². The second kappa shape index (κ2) is 6.22. The summed E-state index contributed by atoms with van der Waals surface area (Å²) >= 11 is 1.45. The minimum Gasteiger partial charge on any atom is -0.467 e. The van der Waals surface area contributed by atoms with E-state index in [0.717, 1.165) is 21.5 Å². The lowest BCUT2D eigenvalue weighted by Crippen LogP contribution is -2.28. The van der Waals surface area contributed by atoms with Gasteiger partial charge in [0.1, 0.15) is 16.6 Å². The Labute approximate surface area is 148 Å². The molecule has 0 bridgehead atoms. The molecule has 0 aliphatic heterocycles. The van der Waals surface area contributed by atoms with Gasteiger partial charge in [0, 0.05) is 12.4 Å². The molecule has 25 heavy (non-hydrogen) atoms. The minimum absolute atomic E-state index is 0.120. The lowest BCUT2D eigenvalue weighted by atomic mass is 10.0. The van der Waals surface area contributed by atoms with E-state index < -0.39 is 0 Å². The monoisotopic (exact) mass is 351 g/mol. The Balaban J connectivity index is 1.67. The third-order valence-electron chi connectivity index (χ3n) is 4.16. The van der Waals surface area contributed by atoms with Gasteiger partial charge in [-0.15, -0.1) is 11.3 Å². The number of hydrogen-bond donors (Lipinski definition) is 1. The molecule has 0 fully saturated rings. The van der Waals surface area contributed by atoms with Crippen molar-refractivity contribution in [3.05, 3.63) is 76.7 Å². The molecule has 126 valence electrons. The summed E-state index contributed by atoms with van der Waals surface area (Å²) < 4.78 is 7.36. The van der Waals surface area contributed by atoms with Gasteiger partial charge in [0.2, 0.25) is 0 Å². The molecule has 0 spiro atoms. The highest BCUT2D eigenvalue weighted by Gasteiger charge is 2.22. The molecular weight excluding hydrogens is 334 g/mol. The second-order valence-electron chi connectivity index (χ2n) is 5.87. The van der Waals surface area contributed by atoms with Crippen LogP contribution in [0.1, 0.15) is 32.7 Å². The first-order chi connectivity index (χ1) is 12.1. The Hall–Kier alpha value is -2.86. The molecule has 4 rings (SSSR count). The molecule has 4 aromatic rings. The van der Waals surface area contributed by atoms with Gasteiger partial charge < -0.3 is 9.73 Å². The number of rotatable bonds is 4. The first-order valence-corrected chi connectivity index (χ1v) is 8.77. The van der Waals surface area contributed by atoms with Crippen LogP contribution in [0, 0.1) is 6.92 Å². The molecule has 1 amide bonds. The second-order valence-corrected chi connectivity index (χ2v) is 6.90. The molecule has 1 atom stereocenters. The number of nitrogens with one attached hydrogen (secondary N) is 1. The first kappa shape index (κ1) is 15.7. The van der Waals surface area contributed by atoms with Crippen molar-refractivity contribution in [2.24, 2.45) is 7.05 Å². The average molecular weight is 351 g/mol. The van der Waals surface area contributed by atoms with Gasteiger partial charge in [-0.1, -0.05) is 30.3 Å². The van der Waals surface area contributed by atoms with Gasteiger partial charge in [0.15, 0.2) is 0 Å². The van der Waals surface area contributed by atoms with E-state index in [4.69, 9.17) is 4.42 Å². The molecule has 1 aromatic carbocycles. The third kappa shape index (κ3) is 2.85. The highest BCUT2D eigenvalue weighted by molar-refractivity contribution is 7.20. The Morgan fingerprint density at radius 3 is 2.72 bits per heavy atom. The van der Waals surface area contributed by atoms with Crippen LogP contribution in [0.15, 0.2) is 59.2 Å². The highest BCUT2D eigenvalue weighted by atomic mass is 32.1. The van der Waals surface area contributed by atoms with E-state index in [2.05, 4.69) is 10.4 Å². The van der Waals surface area contributed by atoms with Crippen LogP contribution in [0.2, 0.25) is 0 Å². The Kier molecular flexibility index (Phi) is 3.89. The fourth-order valence-corrected chi connectivity index (χ4v) is 3.97. The molecule has 3 aromatic heterocycles. The van der Waals surface area contributed by atoms with Crippen molar-refractivity contribution in [1.82, 2.24) is 15.1 Å². The molecule has 0 aliphatic carbocycles. The SMILES string of the molecule is Cc1nn(C)c2sc(C(=O)NC(c3ccccc3)c3ccco3)cc12. The van der Waals surface area contributed by atoms with Crippen LogP contribution < -0.4 is 5.32 Å². The van der Waals surface area contributed by atoms with Crippen molar-refractivity contribution in [3.8, 4) is 0 Å². The van der Waals surface area contributed by atoms with Crippen molar-refractivity contribution < 1.29 is 9.21 Å². The zero-order valence-corrected chi connectivity index (χ0v) is 14.7. The fourth-order valence-electron chi connectivity index (χ4n) is 2.94. The van der Waals surface area contributed by atoms with Gasteiger partial charge in [-0.05, 0) is 30.7 Å². The number of carbonyl (C=O) groups excluding carboxylic acids is 1. The number of benzene rings is 1. The van der Waals surface area contributed by atoms with Crippen LogP contribution in [-0.2, 0) is 7.05 Å². The summed E-state index contributed by atoms with van der Waals surface area (Å²) in [5, 5.41) is 8.49. The van der Waals surface area contributed by atoms with Gasteiger partial charge in [-0.2, -0.15) is 5.10 Å². The average Bonchev–Trinajstić information content (AvgIpc) is 3.33. The normalized spacial score (nSPS) is 12.4. The van der Waals surface area contributed by atoms with Crippen LogP contribution in [-0.4, -0.2) is 15.7 Å². The van der Waals surface area contributed by atoms with E-state index in [0.29, 0.717) is 10.6 Å². The maximum absolute atomic E-state index is 12.8. The molecule has 1 unspecified atom stereocenters. The van der Waals surface area contributed by atoms with Gasteiger partial charge in [-0.3, -0.25) is 9.48 Å². The van der Waals surface area contributed by atoms with E-state index >= 15 is 0 Å². The van der Waals surface area contributed by atoms with Crippen molar-refractivity contribution in [2.45, 2.75) is 13.0 Å². The number of nitrogens with zero attached hydrogens (tertiary/aromatic N) is 2. The summed E-state index contributed by atoms with van der Waals surface area (Å²) in [6, 6.07) is 15.1. The zero-order chi connectivity index (χ0) is 17.4. The lowest BCUT2D eigenvalue weighted by molar-refractivity contribution is 0.0943. The zero-order valence-electron chi connectivity index (χ0n) is 13.9. The van der Waals surface area contributed by atoms with Crippen LogP contribution in [0.3, 0.4) is 0 Å². The highest BCUT2D eigenvalue weighted by Crippen LogP contribution is 2.29. The number of aromatic nitrogens is 2. The van der Waals surface area contributed by atoms with E-state index in [1.165, 1.54) is 11.3 Å².